The third kappa shape index (κ3) is 2.92. The number of hydrogen-bond donors (Lipinski definition) is 2. The third-order valence-corrected chi connectivity index (χ3v) is 5.05. The molecule has 120 valence electrons. The van der Waals surface area contributed by atoms with Crippen molar-refractivity contribution in [3.8, 4) is 5.88 Å². The van der Waals surface area contributed by atoms with Gasteiger partial charge in [-0.1, -0.05) is 17.6 Å². The Bertz CT molecular complexity index is 1040. The molecule has 0 spiro atoms. The number of carbonyl (C=O) groups is 2. The molecule has 0 bridgehead atoms. The van der Waals surface area contributed by atoms with Crippen LogP contribution in [0, 0.1) is 3.95 Å². The van der Waals surface area contributed by atoms with Gasteiger partial charge in [0.25, 0.3) is 5.91 Å². The number of thiazole rings is 1. The third-order valence-electron chi connectivity index (χ3n) is 3.59. The number of carbonyl (C=O) groups excluding carboxylic acids is 1. The zero-order chi connectivity index (χ0) is 17.4. The predicted octanol–water partition coefficient (Wildman–Crippen LogP) is 0.00209. The molecule has 0 fully saturated rings. The maximum absolute atomic E-state index is 12.2. The highest BCUT2D eigenvalue weighted by molar-refractivity contribution is 7.73. The number of rotatable bonds is 5. The molecule has 0 saturated heterocycles. The Kier molecular flexibility index (Phi) is 4.38. The highest BCUT2D eigenvalue weighted by atomic mass is 32.1. The van der Waals surface area contributed by atoms with E-state index in [9.17, 15) is 14.7 Å². The number of fused-ring (bicyclic) bond motifs is 1. The van der Waals surface area contributed by atoms with Crippen molar-refractivity contribution in [2.75, 3.05) is 0 Å². The topological polar surface area (TPSA) is 91.9 Å². The Morgan fingerprint density at radius 3 is 2.88 bits per heavy atom. The van der Waals surface area contributed by atoms with Crippen molar-refractivity contribution in [1.29, 1.82) is 0 Å². The molecular weight excluding hydrogens is 347 g/mol. The Labute approximate surface area is 146 Å². The number of hydrogen-bond acceptors (Lipinski definition) is 5. The van der Waals surface area contributed by atoms with Crippen molar-refractivity contribution in [3.63, 3.8) is 0 Å². The number of aromatic hydroxyl groups is 1. The van der Waals surface area contributed by atoms with E-state index >= 15 is 0 Å². The summed E-state index contributed by atoms with van der Waals surface area (Å²) >= 11 is 6.32. The molecule has 2 aromatic rings. The van der Waals surface area contributed by atoms with Gasteiger partial charge in [-0.3, -0.25) is 14.2 Å². The lowest BCUT2D eigenvalue weighted by Gasteiger charge is -2.04. The first kappa shape index (κ1) is 16.6. The number of carboxylic acid groups (broad SMARTS) is 1. The van der Waals surface area contributed by atoms with Gasteiger partial charge in [0.2, 0.25) is 5.88 Å². The van der Waals surface area contributed by atoms with Crippen LogP contribution in [0.5, 0.6) is 5.88 Å². The second-order valence-corrected chi connectivity index (χ2v) is 6.88. The van der Waals surface area contributed by atoms with Crippen molar-refractivity contribution in [3.05, 3.63) is 37.6 Å². The average molecular weight is 358 g/mol. The van der Waals surface area contributed by atoms with Crippen molar-refractivity contribution >= 4 is 54.3 Å². The summed E-state index contributed by atoms with van der Waals surface area (Å²) in [5.74, 6) is -1.52. The fraction of sp³-hybridized carbons (Fsp3) is 0.200. The molecule has 0 aliphatic carbocycles. The zero-order valence-electron chi connectivity index (χ0n) is 12.4. The van der Waals surface area contributed by atoms with Crippen molar-refractivity contribution in [2.24, 2.45) is 4.99 Å². The Morgan fingerprint density at radius 2 is 2.17 bits per heavy atom. The Balaban J connectivity index is 2.10. The van der Waals surface area contributed by atoms with E-state index in [0.717, 1.165) is 11.3 Å². The number of nitrogens with zero attached hydrogens (tertiary/aromatic N) is 2. The van der Waals surface area contributed by atoms with E-state index in [-0.39, 0.29) is 24.4 Å². The van der Waals surface area contributed by atoms with Crippen molar-refractivity contribution in [2.45, 2.75) is 19.4 Å². The Morgan fingerprint density at radius 1 is 1.42 bits per heavy atom. The van der Waals surface area contributed by atoms with Crippen molar-refractivity contribution < 1.29 is 19.8 Å². The van der Waals surface area contributed by atoms with Gasteiger partial charge in [0, 0.05) is 18.2 Å². The summed E-state index contributed by atoms with van der Waals surface area (Å²) in [4.78, 5) is 27.2. The van der Waals surface area contributed by atoms with Crippen LogP contribution in [0.4, 0.5) is 0 Å². The zero-order valence-corrected chi connectivity index (χ0v) is 14.0. The monoisotopic (exact) mass is 358 g/mol. The van der Waals surface area contributed by atoms with E-state index < -0.39 is 11.9 Å². The van der Waals surface area contributed by atoms with Crippen LogP contribution in [0.3, 0.4) is 0 Å². The average Bonchev–Trinajstić information content (AvgIpc) is 2.96. The van der Waals surface area contributed by atoms with Gasteiger partial charge < -0.3 is 10.2 Å². The van der Waals surface area contributed by atoms with Crippen LogP contribution >= 0.6 is 23.6 Å². The molecule has 24 heavy (non-hydrogen) atoms. The molecule has 2 radical (unpaired) electrons. The van der Waals surface area contributed by atoms with Gasteiger partial charge >= 0.3 is 5.97 Å². The molecule has 9 heteroatoms. The first-order valence-corrected chi connectivity index (χ1v) is 8.28. The highest BCUT2D eigenvalue weighted by Crippen LogP contribution is 2.32. The number of aromatic nitrogens is 1. The van der Waals surface area contributed by atoms with Crippen LogP contribution in [0.15, 0.2) is 23.2 Å². The van der Waals surface area contributed by atoms with Gasteiger partial charge in [0.1, 0.15) is 12.7 Å². The molecule has 0 unspecified atom stereocenters. The summed E-state index contributed by atoms with van der Waals surface area (Å²) in [5, 5.41) is 20.2. The summed E-state index contributed by atoms with van der Waals surface area (Å²) in [6, 6.07) is 4.93. The maximum Gasteiger partial charge on any atom is 0.303 e. The first-order valence-electron chi connectivity index (χ1n) is 7.06. The van der Waals surface area contributed by atoms with Gasteiger partial charge in [-0.15, -0.1) is 11.3 Å². The summed E-state index contributed by atoms with van der Waals surface area (Å²) in [6.07, 6.45) is 0.293. The van der Waals surface area contributed by atoms with Crippen LogP contribution < -0.4 is 16.0 Å². The van der Waals surface area contributed by atoms with E-state index in [1.165, 1.54) is 4.57 Å². The summed E-state index contributed by atoms with van der Waals surface area (Å²) in [7, 11) is 5.78. The van der Waals surface area contributed by atoms with Crippen LogP contribution in [-0.2, 0) is 16.1 Å². The molecule has 1 amide bonds. The number of amides is 1. The van der Waals surface area contributed by atoms with Crippen LogP contribution in [0.2, 0.25) is 0 Å². The SMILES string of the molecule is [B]c1ccc2c(c1)=C(c1sc(=S)n(CCCC(=O)O)c1O)C(=O)N=2. The molecule has 1 aromatic carbocycles. The maximum atomic E-state index is 12.2. The molecule has 1 aromatic heterocycles. The summed E-state index contributed by atoms with van der Waals surface area (Å²) in [6.45, 7) is 0.260. The number of carboxylic acids is 1. The number of benzene rings is 1. The smallest absolute Gasteiger partial charge is 0.303 e. The van der Waals surface area contributed by atoms with E-state index in [1.54, 1.807) is 18.2 Å². The van der Waals surface area contributed by atoms with E-state index in [1.807, 2.05) is 0 Å². The lowest BCUT2D eigenvalue weighted by atomic mass is 9.95. The fourth-order valence-electron chi connectivity index (χ4n) is 2.50. The fourth-order valence-corrected chi connectivity index (χ4v) is 3.89. The quantitative estimate of drug-likeness (QED) is 0.580. The first-order chi connectivity index (χ1) is 11.4. The molecule has 0 saturated carbocycles. The van der Waals surface area contributed by atoms with Gasteiger partial charge in [0.15, 0.2) is 3.95 Å². The van der Waals surface area contributed by atoms with Crippen molar-refractivity contribution in [1.82, 2.24) is 4.57 Å². The minimum atomic E-state index is -0.917. The van der Waals surface area contributed by atoms with Crippen LogP contribution in [-0.4, -0.2) is 34.5 Å². The normalized spacial score (nSPS) is 13.0. The standard InChI is InChI=1S/C15H11BN2O4S2/c16-7-3-4-9-8(6-7)11(13(21)17-9)12-14(22)18(15(23)24-12)5-1-2-10(19)20/h3-4,6,22H,1-2,5H2,(H,19,20). The van der Waals surface area contributed by atoms with Gasteiger partial charge in [0.05, 0.1) is 10.9 Å². The summed E-state index contributed by atoms with van der Waals surface area (Å²) in [5.41, 5.74) is 0.753. The molecule has 1 aliphatic heterocycles. The number of aliphatic carboxylic acids is 1. The van der Waals surface area contributed by atoms with E-state index in [2.05, 4.69) is 4.99 Å². The molecule has 2 N–H and O–H groups in total. The molecule has 1 aliphatic rings. The Hall–Kier alpha value is -2.26. The van der Waals surface area contributed by atoms with E-state index in [0.29, 0.717) is 31.3 Å². The minimum absolute atomic E-state index is 0.0312. The lowest BCUT2D eigenvalue weighted by Crippen LogP contribution is -2.27. The minimum Gasteiger partial charge on any atom is -0.493 e. The molecule has 2 heterocycles. The lowest BCUT2D eigenvalue weighted by molar-refractivity contribution is -0.137. The van der Waals surface area contributed by atoms with Gasteiger partial charge in [-0.25, -0.2) is 4.99 Å². The highest BCUT2D eigenvalue weighted by Gasteiger charge is 2.25. The van der Waals surface area contributed by atoms with Crippen LogP contribution in [0.1, 0.15) is 17.7 Å². The second-order valence-electron chi connectivity index (χ2n) is 5.24. The molecule has 6 nitrogen and oxygen atoms in total. The second kappa shape index (κ2) is 6.33. The largest absolute Gasteiger partial charge is 0.493 e. The van der Waals surface area contributed by atoms with Gasteiger partial charge in [-0.2, -0.15) is 0 Å². The predicted molar refractivity (Wildman–Crippen MR) is 91.8 cm³/mol. The van der Waals surface area contributed by atoms with Gasteiger partial charge in [-0.05, 0) is 24.7 Å². The van der Waals surface area contributed by atoms with Crippen LogP contribution in [0.25, 0.3) is 5.57 Å². The molecule has 3 rings (SSSR count). The molecular formula is C15H11BN2O4S2. The van der Waals surface area contributed by atoms with E-state index in [4.69, 9.17) is 25.2 Å². The summed E-state index contributed by atoms with van der Waals surface area (Å²) < 4.78 is 1.80. The molecule has 0 atom stereocenters.